The molecule has 1 heterocycles. The van der Waals surface area contributed by atoms with Crippen molar-refractivity contribution >= 4 is 37.1 Å². The molecule has 2 atom stereocenters. The van der Waals surface area contributed by atoms with Gasteiger partial charge in [0.15, 0.2) is 10.7 Å². The monoisotopic (exact) mass is 402 g/mol. The molecule has 1 aliphatic heterocycles. The fourth-order valence-electron chi connectivity index (χ4n) is 2.99. The minimum Gasteiger partial charge on any atom is -0.497 e. The van der Waals surface area contributed by atoms with Gasteiger partial charge in [0.25, 0.3) is 11.8 Å². The predicted octanol–water partition coefficient (Wildman–Crippen LogP) is 2.89. The van der Waals surface area contributed by atoms with Crippen molar-refractivity contribution in [2.75, 3.05) is 7.11 Å². The number of hydrogen-bond acceptors (Lipinski definition) is 5. The van der Waals surface area contributed by atoms with Gasteiger partial charge in [-0.3, -0.25) is 9.59 Å². The number of amides is 2. The highest BCUT2D eigenvalue weighted by molar-refractivity contribution is 7.82. The lowest BCUT2D eigenvalue weighted by Gasteiger charge is -2.41. The quantitative estimate of drug-likeness (QED) is 0.756. The summed E-state index contributed by atoms with van der Waals surface area (Å²) in [6, 6.07) is 15.2. The van der Waals surface area contributed by atoms with Crippen molar-refractivity contribution in [1.82, 2.24) is 9.80 Å². The largest absolute Gasteiger partial charge is 0.497 e. The normalized spacial score (nSPS) is 20.1. The standard InChI is InChI=1S/C20H22N2O3S2/c1-13-6-8-14(9-7-13)11-21-17(23)20(27)22(18(24)19(21)26)12-15-4-3-5-16(10-15)25-2/h3-10,19-20,26-27H,11-12H2,1-2H3. The number of rotatable bonds is 5. The van der Waals surface area contributed by atoms with Crippen LogP contribution in [0.5, 0.6) is 5.75 Å². The summed E-state index contributed by atoms with van der Waals surface area (Å²) in [4.78, 5) is 28.6. The van der Waals surface area contributed by atoms with E-state index in [4.69, 9.17) is 4.74 Å². The Morgan fingerprint density at radius 3 is 2.00 bits per heavy atom. The molecule has 0 saturated carbocycles. The zero-order valence-electron chi connectivity index (χ0n) is 15.2. The second kappa shape index (κ2) is 8.27. The summed E-state index contributed by atoms with van der Waals surface area (Å²) in [5.41, 5.74) is 2.95. The van der Waals surface area contributed by atoms with Crippen LogP contribution in [0.3, 0.4) is 0 Å². The van der Waals surface area contributed by atoms with E-state index in [1.165, 1.54) is 9.80 Å². The van der Waals surface area contributed by atoms with Crippen LogP contribution in [0.2, 0.25) is 0 Å². The van der Waals surface area contributed by atoms with Gasteiger partial charge >= 0.3 is 0 Å². The number of benzene rings is 2. The molecule has 2 aromatic carbocycles. The first-order valence-corrected chi connectivity index (χ1v) is 9.59. The maximum Gasteiger partial charge on any atom is 0.257 e. The van der Waals surface area contributed by atoms with Gasteiger partial charge in [0, 0.05) is 13.1 Å². The Bertz CT molecular complexity index is 841. The topological polar surface area (TPSA) is 49.9 Å². The molecule has 7 heteroatoms. The molecule has 27 heavy (non-hydrogen) atoms. The van der Waals surface area contributed by atoms with Crippen molar-refractivity contribution in [1.29, 1.82) is 0 Å². The highest BCUT2D eigenvalue weighted by atomic mass is 32.1. The van der Waals surface area contributed by atoms with E-state index < -0.39 is 10.7 Å². The van der Waals surface area contributed by atoms with E-state index in [1.807, 2.05) is 55.5 Å². The van der Waals surface area contributed by atoms with Gasteiger partial charge in [0.2, 0.25) is 0 Å². The summed E-state index contributed by atoms with van der Waals surface area (Å²) in [7, 11) is 1.59. The molecule has 1 aliphatic rings. The number of thiol groups is 2. The van der Waals surface area contributed by atoms with Crippen LogP contribution in [-0.2, 0) is 22.7 Å². The van der Waals surface area contributed by atoms with Crippen molar-refractivity contribution in [2.24, 2.45) is 0 Å². The minimum atomic E-state index is -0.849. The molecule has 5 nitrogen and oxygen atoms in total. The van der Waals surface area contributed by atoms with Crippen LogP contribution in [-0.4, -0.2) is 39.5 Å². The van der Waals surface area contributed by atoms with Crippen LogP contribution in [0.1, 0.15) is 16.7 Å². The third-order valence-corrected chi connectivity index (χ3v) is 5.56. The van der Waals surface area contributed by atoms with Crippen molar-refractivity contribution in [3.8, 4) is 5.75 Å². The summed E-state index contributed by atoms with van der Waals surface area (Å²) in [6.07, 6.45) is 0. The molecule has 3 rings (SSSR count). The maximum absolute atomic E-state index is 12.9. The fraction of sp³-hybridized carbons (Fsp3) is 0.300. The molecule has 0 aromatic heterocycles. The van der Waals surface area contributed by atoms with Crippen LogP contribution < -0.4 is 4.74 Å². The summed E-state index contributed by atoms with van der Waals surface area (Å²) in [5, 5.41) is -1.69. The molecule has 0 spiro atoms. The Morgan fingerprint density at radius 1 is 0.889 bits per heavy atom. The van der Waals surface area contributed by atoms with E-state index in [9.17, 15) is 9.59 Å². The summed E-state index contributed by atoms with van der Waals surface area (Å²) >= 11 is 8.84. The van der Waals surface area contributed by atoms with Crippen LogP contribution in [0.4, 0.5) is 0 Å². The van der Waals surface area contributed by atoms with Crippen molar-refractivity contribution in [2.45, 2.75) is 30.8 Å². The molecule has 1 fully saturated rings. The highest BCUT2D eigenvalue weighted by Gasteiger charge is 2.42. The first kappa shape index (κ1) is 19.6. The van der Waals surface area contributed by atoms with E-state index in [1.54, 1.807) is 7.11 Å². The molecule has 2 aromatic rings. The molecular formula is C20H22N2O3S2. The third kappa shape index (κ3) is 4.25. The zero-order valence-corrected chi connectivity index (χ0v) is 17.0. The highest BCUT2D eigenvalue weighted by Crippen LogP contribution is 2.27. The molecule has 0 bridgehead atoms. The van der Waals surface area contributed by atoms with Gasteiger partial charge in [-0.05, 0) is 30.2 Å². The van der Waals surface area contributed by atoms with Crippen LogP contribution in [0, 0.1) is 6.92 Å². The lowest BCUT2D eigenvalue weighted by atomic mass is 10.1. The Hall–Kier alpha value is -2.12. The second-order valence-corrected chi connectivity index (χ2v) is 7.50. The fourth-order valence-corrected chi connectivity index (χ4v) is 3.68. The summed E-state index contributed by atoms with van der Waals surface area (Å²) in [5.74, 6) is 0.219. The molecule has 0 N–H and O–H groups in total. The number of hydrogen-bond donors (Lipinski definition) is 2. The average Bonchev–Trinajstić information content (AvgIpc) is 2.68. The molecule has 1 saturated heterocycles. The van der Waals surface area contributed by atoms with Crippen molar-refractivity contribution in [3.05, 3.63) is 65.2 Å². The number of methoxy groups -OCH3 is 1. The van der Waals surface area contributed by atoms with E-state index in [2.05, 4.69) is 25.3 Å². The zero-order chi connectivity index (χ0) is 19.6. The molecule has 0 radical (unpaired) electrons. The number of carbonyl (C=O) groups excluding carboxylic acids is 2. The molecular weight excluding hydrogens is 380 g/mol. The first-order chi connectivity index (χ1) is 12.9. The van der Waals surface area contributed by atoms with Crippen LogP contribution >= 0.6 is 25.3 Å². The van der Waals surface area contributed by atoms with Crippen LogP contribution in [0.15, 0.2) is 48.5 Å². The predicted molar refractivity (Wildman–Crippen MR) is 111 cm³/mol. The third-order valence-electron chi connectivity index (χ3n) is 4.56. The molecule has 0 aliphatic carbocycles. The maximum atomic E-state index is 12.9. The first-order valence-electron chi connectivity index (χ1n) is 8.56. The molecule has 2 amide bonds. The van der Waals surface area contributed by atoms with Crippen molar-refractivity contribution < 1.29 is 14.3 Å². The van der Waals surface area contributed by atoms with Gasteiger partial charge in [0.1, 0.15) is 5.75 Å². The van der Waals surface area contributed by atoms with Crippen LogP contribution in [0.25, 0.3) is 0 Å². The number of nitrogens with zero attached hydrogens (tertiary/aromatic N) is 2. The summed E-state index contributed by atoms with van der Waals surface area (Å²) < 4.78 is 5.22. The SMILES string of the molecule is COc1cccc(CN2C(=O)C(S)N(Cc3ccc(C)cc3)C(=O)C2S)c1. The molecule has 2 unspecified atom stereocenters. The minimum absolute atomic E-state index is 0.235. The number of piperazine rings is 1. The van der Waals surface area contributed by atoms with E-state index in [0.29, 0.717) is 12.3 Å². The Kier molecular flexibility index (Phi) is 6.01. The van der Waals surface area contributed by atoms with Gasteiger partial charge < -0.3 is 14.5 Å². The van der Waals surface area contributed by atoms with Gasteiger partial charge in [0.05, 0.1) is 7.11 Å². The van der Waals surface area contributed by atoms with E-state index in [-0.39, 0.29) is 18.4 Å². The number of ether oxygens (including phenoxy) is 1. The summed E-state index contributed by atoms with van der Waals surface area (Å²) in [6.45, 7) is 2.59. The molecule has 142 valence electrons. The van der Waals surface area contributed by atoms with Gasteiger partial charge in [-0.15, -0.1) is 25.3 Å². The van der Waals surface area contributed by atoms with Gasteiger partial charge in [-0.2, -0.15) is 0 Å². The smallest absolute Gasteiger partial charge is 0.257 e. The average molecular weight is 403 g/mol. The second-order valence-electron chi connectivity index (χ2n) is 6.52. The number of aryl methyl sites for hydroxylation is 1. The Labute approximate surface area is 170 Å². The van der Waals surface area contributed by atoms with Gasteiger partial charge in [-0.25, -0.2) is 0 Å². The van der Waals surface area contributed by atoms with E-state index in [0.717, 1.165) is 16.7 Å². The Morgan fingerprint density at radius 2 is 1.44 bits per heavy atom. The van der Waals surface area contributed by atoms with Crippen molar-refractivity contribution in [3.63, 3.8) is 0 Å². The van der Waals surface area contributed by atoms with Gasteiger partial charge in [-0.1, -0.05) is 42.0 Å². The lowest BCUT2D eigenvalue weighted by Crippen LogP contribution is -2.60. The number of carbonyl (C=O) groups is 2. The van der Waals surface area contributed by atoms with E-state index >= 15 is 0 Å². The Balaban J connectivity index is 1.78. The lowest BCUT2D eigenvalue weighted by molar-refractivity contribution is -0.154.